The number of rotatable bonds is 4. The van der Waals surface area contributed by atoms with Crippen LogP contribution in [0.4, 0.5) is 4.39 Å². The van der Waals surface area contributed by atoms with Crippen LogP contribution in [0.15, 0.2) is 30.3 Å². The van der Waals surface area contributed by atoms with Crippen LogP contribution in [0.2, 0.25) is 0 Å². The first-order valence-electron chi connectivity index (χ1n) is 5.11. The van der Waals surface area contributed by atoms with E-state index >= 15 is 0 Å². The highest BCUT2D eigenvalue weighted by Crippen LogP contribution is 2.15. The zero-order valence-corrected chi connectivity index (χ0v) is 9.40. The number of benzene rings is 1. The zero-order chi connectivity index (χ0) is 12.2. The number of nitrogens with one attached hydrogen (secondary N) is 1. The maximum absolute atomic E-state index is 13.3. The van der Waals surface area contributed by atoms with Crippen molar-refractivity contribution in [3.63, 3.8) is 0 Å². The number of halogens is 1. The Labute approximate surface area is 94.3 Å². The largest absolute Gasteiger partial charge is 0.394 e. The molecule has 0 radical (unpaired) electrons. The summed E-state index contributed by atoms with van der Waals surface area (Å²) in [5.74, 6) is -0.726. The molecule has 0 aromatic heterocycles. The summed E-state index contributed by atoms with van der Waals surface area (Å²) in [4.78, 5) is 11.4. The van der Waals surface area contributed by atoms with E-state index in [1.807, 2.05) is 6.07 Å². The molecule has 0 heterocycles. The predicted molar refractivity (Wildman–Crippen MR) is 59.6 cm³/mol. The highest BCUT2D eigenvalue weighted by Gasteiger charge is 2.28. The number of amides is 1. The SMILES string of the molecule is CC(C)(F)C(=O)N[C@H](CO)c1ccccc1. The van der Waals surface area contributed by atoms with Crippen LogP contribution in [-0.4, -0.2) is 23.3 Å². The van der Waals surface area contributed by atoms with Crippen LogP contribution in [-0.2, 0) is 4.79 Å². The third-order valence-electron chi connectivity index (χ3n) is 2.23. The molecule has 0 aliphatic heterocycles. The summed E-state index contributed by atoms with van der Waals surface area (Å²) in [5.41, 5.74) is -1.19. The summed E-state index contributed by atoms with van der Waals surface area (Å²) < 4.78 is 13.3. The van der Waals surface area contributed by atoms with Gasteiger partial charge in [-0.15, -0.1) is 0 Å². The Hall–Kier alpha value is -1.42. The van der Waals surface area contributed by atoms with Gasteiger partial charge in [-0.1, -0.05) is 30.3 Å². The maximum atomic E-state index is 13.3. The Bertz CT molecular complexity index is 346. The van der Waals surface area contributed by atoms with E-state index in [1.165, 1.54) is 13.8 Å². The Morgan fingerprint density at radius 3 is 2.44 bits per heavy atom. The van der Waals surface area contributed by atoms with Gasteiger partial charge in [0.15, 0.2) is 5.67 Å². The summed E-state index contributed by atoms with van der Waals surface area (Å²) in [6.07, 6.45) is 0. The minimum absolute atomic E-state index is 0.258. The zero-order valence-electron chi connectivity index (χ0n) is 9.40. The first kappa shape index (κ1) is 12.6. The second-order valence-corrected chi connectivity index (χ2v) is 4.09. The van der Waals surface area contributed by atoms with Gasteiger partial charge < -0.3 is 10.4 Å². The Morgan fingerprint density at radius 2 is 2.00 bits per heavy atom. The molecule has 1 atom stereocenters. The van der Waals surface area contributed by atoms with Crippen LogP contribution >= 0.6 is 0 Å². The number of aliphatic hydroxyl groups is 1. The van der Waals surface area contributed by atoms with E-state index in [4.69, 9.17) is 5.11 Å². The third kappa shape index (κ3) is 3.31. The fourth-order valence-corrected chi connectivity index (χ4v) is 1.25. The smallest absolute Gasteiger partial charge is 0.257 e. The van der Waals surface area contributed by atoms with Crippen molar-refractivity contribution >= 4 is 5.91 Å². The number of carbonyl (C=O) groups excluding carboxylic acids is 1. The molecule has 1 rings (SSSR count). The van der Waals surface area contributed by atoms with E-state index in [2.05, 4.69) is 5.32 Å². The molecule has 1 aromatic carbocycles. The van der Waals surface area contributed by atoms with E-state index in [1.54, 1.807) is 24.3 Å². The molecular weight excluding hydrogens is 209 g/mol. The monoisotopic (exact) mass is 225 g/mol. The van der Waals surface area contributed by atoms with E-state index in [9.17, 15) is 9.18 Å². The van der Waals surface area contributed by atoms with Gasteiger partial charge in [0.25, 0.3) is 5.91 Å². The molecule has 4 heteroatoms. The molecule has 0 bridgehead atoms. The number of hydrogen-bond donors (Lipinski definition) is 2. The summed E-state index contributed by atoms with van der Waals surface area (Å²) in [7, 11) is 0. The molecule has 0 fully saturated rings. The highest BCUT2D eigenvalue weighted by molar-refractivity contribution is 5.84. The van der Waals surface area contributed by atoms with Crippen molar-refractivity contribution < 1.29 is 14.3 Å². The van der Waals surface area contributed by atoms with Gasteiger partial charge in [0.1, 0.15) is 0 Å². The van der Waals surface area contributed by atoms with Gasteiger partial charge in [-0.3, -0.25) is 4.79 Å². The van der Waals surface area contributed by atoms with Gasteiger partial charge in [0.2, 0.25) is 0 Å². The molecule has 1 amide bonds. The Kier molecular flexibility index (Phi) is 4.01. The van der Waals surface area contributed by atoms with E-state index in [0.717, 1.165) is 5.56 Å². The summed E-state index contributed by atoms with van der Waals surface area (Å²) in [6.45, 7) is 2.11. The molecule has 88 valence electrons. The molecule has 3 nitrogen and oxygen atoms in total. The van der Waals surface area contributed by atoms with E-state index < -0.39 is 17.6 Å². The number of aliphatic hydroxyl groups excluding tert-OH is 1. The van der Waals surface area contributed by atoms with Crippen LogP contribution in [0.25, 0.3) is 0 Å². The second kappa shape index (κ2) is 5.07. The van der Waals surface area contributed by atoms with Gasteiger partial charge in [-0.2, -0.15) is 0 Å². The van der Waals surface area contributed by atoms with Gasteiger partial charge in [-0.25, -0.2) is 4.39 Å². The van der Waals surface area contributed by atoms with Crippen LogP contribution in [0.3, 0.4) is 0 Å². The molecule has 0 aliphatic rings. The minimum atomic E-state index is -1.94. The van der Waals surface area contributed by atoms with E-state index in [-0.39, 0.29) is 6.61 Å². The lowest BCUT2D eigenvalue weighted by molar-refractivity contribution is -0.131. The van der Waals surface area contributed by atoms with Crippen molar-refractivity contribution in [1.82, 2.24) is 5.32 Å². The summed E-state index contributed by atoms with van der Waals surface area (Å²) in [5, 5.41) is 11.6. The average molecular weight is 225 g/mol. The quantitative estimate of drug-likeness (QED) is 0.817. The summed E-state index contributed by atoms with van der Waals surface area (Å²) in [6, 6.07) is 8.40. The maximum Gasteiger partial charge on any atom is 0.257 e. The third-order valence-corrected chi connectivity index (χ3v) is 2.23. The second-order valence-electron chi connectivity index (χ2n) is 4.09. The van der Waals surface area contributed by atoms with Crippen molar-refractivity contribution in [2.45, 2.75) is 25.6 Å². The Balaban J connectivity index is 2.75. The van der Waals surface area contributed by atoms with Gasteiger partial charge in [0, 0.05) is 0 Å². The molecule has 0 saturated heterocycles. The number of hydrogen-bond acceptors (Lipinski definition) is 2. The first-order valence-corrected chi connectivity index (χ1v) is 5.11. The van der Waals surface area contributed by atoms with Crippen LogP contribution in [0, 0.1) is 0 Å². The lowest BCUT2D eigenvalue weighted by atomic mass is 10.1. The number of alkyl halides is 1. The van der Waals surface area contributed by atoms with Crippen molar-refractivity contribution in [3.8, 4) is 0 Å². The van der Waals surface area contributed by atoms with Crippen molar-refractivity contribution in [2.75, 3.05) is 6.61 Å². The van der Waals surface area contributed by atoms with Crippen molar-refractivity contribution in [3.05, 3.63) is 35.9 Å². The minimum Gasteiger partial charge on any atom is -0.394 e. The molecule has 16 heavy (non-hydrogen) atoms. The average Bonchev–Trinajstić information content (AvgIpc) is 2.25. The normalized spacial score (nSPS) is 13.2. The predicted octanol–water partition coefficient (Wildman–Crippen LogP) is 1.58. The van der Waals surface area contributed by atoms with Gasteiger partial charge in [-0.05, 0) is 19.4 Å². The van der Waals surface area contributed by atoms with Crippen LogP contribution in [0.1, 0.15) is 25.5 Å². The standard InChI is InChI=1S/C12H16FNO2/c1-12(2,13)11(16)14-10(8-15)9-6-4-3-5-7-9/h3-7,10,15H,8H2,1-2H3,(H,14,16)/t10-/m1/s1. The van der Waals surface area contributed by atoms with Crippen LogP contribution in [0.5, 0.6) is 0 Å². The molecule has 0 saturated carbocycles. The topological polar surface area (TPSA) is 49.3 Å². The summed E-state index contributed by atoms with van der Waals surface area (Å²) >= 11 is 0. The highest BCUT2D eigenvalue weighted by atomic mass is 19.1. The number of carbonyl (C=O) groups is 1. The lowest BCUT2D eigenvalue weighted by Gasteiger charge is -2.21. The fourth-order valence-electron chi connectivity index (χ4n) is 1.25. The first-order chi connectivity index (χ1) is 7.45. The van der Waals surface area contributed by atoms with Gasteiger partial charge >= 0.3 is 0 Å². The van der Waals surface area contributed by atoms with Gasteiger partial charge in [0.05, 0.1) is 12.6 Å². The molecule has 2 N–H and O–H groups in total. The molecule has 0 unspecified atom stereocenters. The molecular formula is C12H16FNO2. The van der Waals surface area contributed by atoms with Crippen molar-refractivity contribution in [2.24, 2.45) is 0 Å². The molecule has 0 spiro atoms. The molecule has 1 aromatic rings. The Morgan fingerprint density at radius 1 is 1.44 bits per heavy atom. The van der Waals surface area contributed by atoms with E-state index in [0.29, 0.717) is 0 Å². The van der Waals surface area contributed by atoms with Crippen LogP contribution < -0.4 is 5.32 Å². The lowest BCUT2D eigenvalue weighted by Crippen LogP contribution is -2.41. The fraction of sp³-hybridized carbons (Fsp3) is 0.417. The van der Waals surface area contributed by atoms with Crippen molar-refractivity contribution in [1.29, 1.82) is 0 Å². The molecule has 0 aliphatic carbocycles.